The highest BCUT2D eigenvalue weighted by atomic mass is 35.5. The molecular formula is C21H20ClNO3. The van der Waals surface area contributed by atoms with Crippen LogP contribution < -0.4 is 4.74 Å². The number of carbonyl (C=O) groups is 1. The number of para-hydroxylation sites is 1. The molecule has 0 radical (unpaired) electrons. The number of halogens is 1. The van der Waals surface area contributed by atoms with E-state index in [9.17, 15) is 4.79 Å². The summed E-state index contributed by atoms with van der Waals surface area (Å²) in [5, 5.41) is 0.628. The van der Waals surface area contributed by atoms with Crippen molar-refractivity contribution in [3.63, 3.8) is 0 Å². The Kier molecular flexibility index (Phi) is 5.97. The summed E-state index contributed by atoms with van der Waals surface area (Å²) in [6.07, 6.45) is 1.60. The summed E-state index contributed by atoms with van der Waals surface area (Å²) >= 11 is 6.30. The van der Waals surface area contributed by atoms with Gasteiger partial charge in [0.2, 0.25) is 0 Å². The third-order valence-electron chi connectivity index (χ3n) is 3.95. The smallest absolute Gasteiger partial charge is 0.258 e. The Labute approximate surface area is 158 Å². The van der Waals surface area contributed by atoms with Gasteiger partial charge in [0, 0.05) is 11.6 Å². The molecule has 26 heavy (non-hydrogen) atoms. The minimum absolute atomic E-state index is 0.134. The van der Waals surface area contributed by atoms with Gasteiger partial charge < -0.3 is 14.1 Å². The van der Waals surface area contributed by atoms with Crippen molar-refractivity contribution in [2.75, 3.05) is 6.61 Å². The van der Waals surface area contributed by atoms with E-state index in [2.05, 4.69) is 0 Å². The molecule has 3 aromatic rings. The Hall–Kier alpha value is -2.72. The Morgan fingerprint density at radius 1 is 1.04 bits per heavy atom. The molecule has 3 rings (SSSR count). The van der Waals surface area contributed by atoms with E-state index in [0.29, 0.717) is 41.8 Å². The second-order valence-electron chi connectivity index (χ2n) is 5.76. The topological polar surface area (TPSA) is 42.7 Å². The molecule has 0 aliphatic rings. The summed E-state index contributed by atoms with van der Waals surface area (Å²) in [5.74, 6) is 1.15. The number of furan rings is 1. The van der Waals surface area contributed by atoms with E-state index in [-0.39, 0.29) is 5.91 Å². The maximum atomic E-state index is 13.2. The summed E-state index contributed by atoms with van der Waals surface area (Å²) < 4.78 is 11.1. The Balaban J connectivity index is 1.92. The average Bonchev–Trinajstić information content (AvgIpc) is 3.16. The first-order chi connectivity index (χ1) is 12.7. The quantitative estimate of drug-likeness (QED) is 0.576. The number of hydrogen-bond donors (Lipinski definition) is 0. The zero-order chi connectivity index (χ0) is 18.4. The second-order valence-corrected chi connectivity index (χ2v) is 6.17. The lowest BCUT2D eigenvalue weighted by Gasteiger charge is -2.23. The Morgan fingerprint density at radius 3 is 2.54 bits per heavy atom. The van der Waals surface area contributed by atoms with Gasteiger partial charge in [-0.15, -0.1) is 0 Å². The van der Waals surface area contributed by atoms with Crippen molar-refractivity contribution in [3.05, 3.63) is 88.8 Å². The van der Waals surface area contributed by atoms with Crippen LogP contribution >= 0.6 is 11.6 Å². The molecule has 4 nitrogen and oxygen atoms in total. The highest BCUT2D eigenvalue weighted by Crippen LogP contribution is 2.24. The van der Waals surface area contributed by atoms with Crippen molar-refractivity contribution in [1.29, 1.82) is 0 Å². The van der Waals surface area contributed by atoms with Gasteiger partial charge in [-0.3, -0.25) is 4.79 Å². The van der Waals surface area contributed by atoms with Gasteiger partial charge in [-0.2, -0.15) is 0 Å². The minimum Gasteiger partial charge on any atom is -0.493 e. The normalized spacial score (nSPS) is 10.5. The molecule has 0 saturated heterocycles. The summed E-state index contributed by atoms with van der Waals surface area (Å²) in [4.78, 5) is 14.9. The van der Waals surface area contributed by atoms with Crippen LogP contribution in [0.2, 0.25) is 5.02 Å². The van der Waals surface area contributed by atoms with Crippen LogP contribution in [0.5, 0.6) is 5.75 Å². The van der Waals surface area contributed by atoms with Gasteiger partial charge in [-0.05, 0) is 42.8 Å². The highest BCUT2D eigenvalue weighted by molar-refractivity contribution is 6.31. The number of amides is 1. The van der Waals surface area contributed by atoms with Gasteiger partial charge in [0.1, 0.15) is 11.5 Å². The molecule has 0 aliphatic carbocycles. The van der Waals surface area contributed by atoms with Gasteiger partial charge in [-0.1, -0.05) is 41.9 Å². The molecule has 0 saturated carbocycles. The molecule has 0 N–H and O–H groups in total. The zero-order valence-corrected chi connectivity index (χ0v) is 15.3. The van der Waals surface area contributed by atoms with E-state index in [4.69, 9.17) is 20.8 Å². The fourth-order valence-corrected chi connectivity index (χ4v) is 2.91. The maximum Gasteiger partial charge on any atom is 0.258 e. The number of carbonyl (C=O) groups excluding carboxylic acids is 1. The first-order valence-corrected chi connectivity index (χ1v) is 8.83. The number of rotatable bonds is 7. The molecule has 0 unspecified atom stereocenters. The lowest BCUT2D eigenvalue weighted by atomic mass is 10.1. The van der Waals surface area contributed by atoms with Crippen molar-refractivity contribution in [2.45, 2.75) is 20.0 Å². The average molecular weight is 370 g/mol. The minimum atomic E-state index is -0.134. The molecule has 2 aromatic carbocycles. The van der Waals surface area contributed by atoms with E-state index < -0.39 is 0 Å². The van der Waals surface area contributed by atoms with Crippen molar-refractivity contribution in [2.24, 2.45) is 0 Å². The van der Waals surface area contributed by atoms with Crippen molar-refractivity contribution >= 4 is 17.5 Å². The number of hydrogen-bond acceptors (Lipinski definition) is 3. The number of nitrogens with zero attached hydrogens (tertiary/aromatic N) is 1. The largest absolute Gasteiger partial charge is 0.493 e. The molecule has 0 aliphatic heterocycles. The predicted molar refractivity (Wildman–Crippen MR) is 101 cm³/mol. The molecular weight excluding hydrogens is 350 g/mol. The van der Waals surface area contributed by atoms with E-state index >= 15 is 0 Å². The highest BCUT2D eigenvalue weighted by Gasteiger charge is 2.21. The van der Waals surface area contributed by atoms with Crippen molar-refractivity contribution < 1.29 is 13.9 Å². The number of benzene rings is 2. The fraction of sp³-hybridized carbons (Fsp3) is 0.190. The van der Waals surface area contributed by atoms with Crippen LogP contribution in [0.25, 0.3) is 0 Å². The second kappa shape index (κ2) is 8.59. The van der Waals surface area contributed by atoms with Crippen LogP contribution in [-0.2, 0) is 13.1 Å². The van der Waals surface area contributed by atoms with Gasteiger partial charge >= 0.3 is 0 Å². The predicted octanol–water partition coefficient (Wildman–Crippen LogP) is 5.17. The lowest BCUT2D eigenvalue weighted by Crippen LogP contribution is -2.30. The summed E-state index contributed by atoms with van der Waals surface area (Å²) in [5.41, 5.74) is 1.40. The van der Waals surface area contributed by atoms with Crippen LogP contribution in [0.3, 0.4) is 0 Å². The van der Waals surface area contributed by atoms with Crippen LogP contribution in [0.4, 0.5) is 0 Å². The molecule has 1 heterocycles. The van der Waals surface area contributed by atoms with Crippen LogP contribution in [0, 0.1) is 0 Å². The van der Waals surface area contributed by atoms with Crippen LogP contribution in [0.1, 0.15) is 28.6 Å². The number of ether oxygens (including phenoxy) is 1. The van der Waals surface area contributed by atoms with Crippen molar-refractivity contribution in [1.82, 2.24) is 4.90 Å². The van der Waals surface area contributed by atoms with Crippen LogP contribution in [-0.4, -0.2) is 17.4 Å². The molecule has 0 spiro atoms. The van der Waals surface area contributed by atoms with Gasteiger partial charge in [0.15, 0.2) is 0 Å². The standard InChI is InChI=1S/C21H20ClNO3/c1-2-25-20-12-6-4-10-18(20)21(24)23(15-17-9-7-13-26-17)14-16-8-3-5-11-19(16)22/h3-13H,2,14-15H2,1H3. The monoisotopic (exact) mass is 369 g/mol. The van der Waals surface area contributed by atoms with Gasteiger partial charge in [-0.25, -0.2) is 0 Å². The first kappa shape index (κ1) is 18.1. The SMILES string of the molecule is CCOc1ccccc1C(=O)N(Cc1ccco1)Cc1ccccc1Cl. The molecule has 0 bridgehead atoms. The third-order valence-corrected chi connectivity index (χ3v) is 4.32. The molecule has 0 atom stereocenters. The molecule has 1 amide bonds. The third kappa shape index (κ3) is 4.27. The zero-order valence-electron chi connectivity index (χ0n) is 14.5. The van der Waals surface area contributed by atoms with E-state index in [0.717, 1.165) is 5.56 Å². The summed E-state index contributed by atoms with van der Waals surface area (Å²) in [6, 6.07) is 18.4. The summed E-state index contributed by atoms with van der Waals surface area (Å²) in [7, 11) is 0. The first-order valence-electron chi connectivity index (χ1n) is 8.46. The molecule has 5 heteroatoms. The lowest BCUT2D eigenvalue weighted by molar-refractivity contribution is 0.0713. The maximum absolute atomic E-state index is 13.2. The molecule has 134 valence electrons. The van der Waals surface area contributed by atoms with Crippen LogP contribution in [0.15, 0.2) is 71.3 Å². The van der Waals surface area contributed by atoms with Gasteiger partial charge in [0.25, 0.3) is 5.91 Å². The van der Waals surface area contributed by atoms with Crippen molar-refractivity contribution in [3.8, 4) is 5.75 Å². The summed E-state index contributed by atoms with van der Waals surface area (Å²) in [6.45, 7) is 3.11. The molecule has 0 fully saturated rings. The van der Waals surface area contributed by atoms with E-state index in [1.165, 1.54) is 0 Å². The Bertz CT molecular complexity index is 861. The van der Waals surface area contributed by atoms with E-state index in [1.807, 2.05) is 55.5 Å². The van der Waals surface area contributed by atoms with E-state index in [1.54, 1.807) is 23.3 Å². The fourth-order valence-electron chi connectivity index (χ4n) is 2.72. The Morgan fingerprint density at radius 2 is 1.81 bits per heavy atom. The molecule has 1 aromatic heterocycles. The van der Waals surface area contributed by atoms with Gasteiger partial charge in [0.05, 0.1) is 25.0 Å².